The van der Waals surface area contributed by atoms with Gasteiger partial charge in [-0.15, -0.1) is 0 Å². The molecule has 0 saturated carbocycles. The molecule has 11 heavy (non-hydrogen) atoms. The molecule has 0 fully saturated rings. The summed E-state index contributed by atoms with van der Waals surface area (Å²) in [4.78, 5) is 3.82. The number of nitrogens with zero attached hydrogens (tertiary/aromatic N) is 1. The summed E-state index contributed by atoms with van der Waals surface area (Å²) >= 11 is 0. The van der Waals surface area contributed by atoms with Crippen LogP contribution in [-0.2, 0) is 17.8 Å². The van der Waals surface area contributed by atoms with Gasteiger partial charge in [-0.3, -0.25) is 0 Å². The van der Waals surface area contributed by atoms with Gasteiger partial charge in [-0.25, -0.2) is 4.98 Å². The van der Waals surface area contributed by atoms with Gasteiger partial charge < -0.3 is 14.3 Å². The highest BCUT2D eigenvalue weighted by molar-refractivity contribution is 5.05. The summed E-state index contributed by atoms with van der Waals surface area (Å²) in [6.07, 6.45) is 1.99. The Labute approximate surface area is 64.8 Å². The van der Waals surface area contributed by atoms with E-state index in [0.29, 0.717) is 24.5 Å². The minimum Gasteiger partial charge on any atom is -0.448 e. The molecule has 0 aliphatic rings. The van der Waals surface area contributed by atoms with Crippen LogP contribution >= 0.6 is 0 Å². The molecular formula is C7H11NO3. The number of aliphatic hydroxyl groups is 1. The fourth-order valence-electron chi connectivity index (χ4n) is 0.821. The minimum absolute atomic E-state index is 0.0739. The Morgan fingerprint density at radius 3 is 3.18 bits per heavy atom. The number of oxazole rings is 1. The van der Waals surface area contributed by atoms with Gasteiger partial charge in [0.1, 0.15) is 11.5 Å². The standard InChI is InChI=1S/C7H11NO3/c1-10-3-2-7-6(4-9)8-5-11-7/h5,9H,2-4H2,1H3. The number of aromatic nitrogens is 1. The molecule has 1 N–H and O–H groups in total. The Bertz CT molecular complexity index is 209. The first kappa shape index (κ1) is 8.23. The fraction of sp³-hybridized carbons (Fsp3) is 0.571. The zero-order valence-electron chi connectivity index (χ0n) is 6.41. The fourth-order valence-corrected chi connectivity index (χ4v) is 0.821. The lowest BCUT2D eigenvalue weighted by atomic mass is 10.3. The van der Waals surface area contributed by atoms with E-state index in [2.05, 4.69) is 4.98 Å². The molecule has 0 aromatic carbocycles. The molecule has 0 aliphatic heterocycles. The molecule has 1 rings (SSSR count). The van der Waals surface area contributed by atoms with Gasteiger partial charge in [-0.05, 0) is 0 Å². The molecule has 0 atom stereocenters. The molecule has 0 bridgehead atoms. The van der Waals surface area contributed by atoms with E-state index in [1.807, 2.05) is 0 Å². The van der Waals surface area contributed by atoms with Crippen LogP contribution < -0.4 is 0 Å². The van der Waals surface area contributed by atoms with Gasteiger partial charge in [0.15, 0.2) is 6.39 Å². The predicted octanol–water partition coefficient (Wildman–Crippen LogP) is 0.356. The Hall–Kier alpha value is -0.870. The van der Waals surface area contributed by atoms with Crippen molar-refractivity contribution in [1.82, 2.24) is 4.98 Å². The molecule has 0 spiro atoms. The summed E-state index contributed by atoms with van der Waals surface area (Å²) in [7, 11) is 1.62. The highest BCUT2D eigenvalue weighted by atomic mass is 16.5. The number of hydrogen-bond acceptors (Lipinski definition) is 4. The number of hydrogen-bond donors (Lipinski definition) is 1. The summed E-state index contributed by atoms with van der Waals surface area (Å²) < 4.78 is 9.85. The first-order chi connectivity index (χ1) is 5.38. The zero-order valence-corrected chi connectivity index (χ0v) is 6.41. The Kier molecular flexibility index (Phi) is 3.07. The zero-order chi connectivity index (χ0) is 8.10. The SMILES string of the molecule is COCCc1ocnc1CO. The van der Waals surface area contributed by atoms with E-state index in [0.717, 1.165) is 0 Å². The van der Waals surface area contributed by atoms with Gasteiger partial charge >= 0.3 is 0 Å². The van der Waals surface area contributed by atoms with Crippen LogP contribution in [0.25, 0.3) is 0 Å². The van der Waals surface area contributed by atoms with E-state index in [1.165, 1.54) is 6.39 Å². The number of rotatable bonds is 4. The van der Waals surface area contributed by atoms with Crippen molar-refractivity contribution in [1.29, 1.82) is 0 Å². The third-order valence-corrected chi connectivity index (χ3v) is 1.41. The lowest BCUT2D eigenvalue weighted by Gasteiger charge is -1.96. The van der Waals surface area contributed by atoms with E-state index in [9.17, 15) is 0 Å². The van der Waals surface area contributed by atoms with Gasteiger partial charge in [0, 0.05) is 13.5 Å². The maximum Gasteiger partial charge on any atom is 0.181 e. The van der Waals surface area contributed by atoms with Crippen LogP contribution in [0.2, 0.25) is 0 Å². The van der Waals surface area contributed by atoms with Crippen LogP contribution in [0.3, 0.4) is 0 Å². The second-order valence-electron chi connectivity index (χ2n) is 2.12. The third kappa shape index (κ3) is 2.03. The van der Waals surface area contributed by atoms with E-state index in [-0.39, 0.29) is 6.61 Å². The Morgan fingerprint density at radius 2 is 2.55 bits per heavy atom. The van der Waals surface area contributed by atoms with Gasteiger partial charge in [0.2, 0.25) is 0 Å². The van der Waals surface area contributed by atoms with Gasteiger partial charge in [-0.2, -0.15) is 0 Å². The monoisotopic (exact) mass is 157 g/mol. The molecule has 0 aliphatic carbocycles. The van der Waals surface area contributed by atoms with Crippen molar-refractivity contribution in [3.05, 3.63) is 17.8 Å². The minimum atomic E-state index is -0.0739. The average Bonchev–Trinajstić information content (AvgIpc) is 2.47. The smallest absolute Gasteiger partial charge is 0.181 e. The maximum absolute atomic E-state index is 8.74. The van der Waals surface area contributed by atoms with Crippen LogP contribution in [0.4, 0.5) is 0 Å². The van der Waals surface area contributed by atoms with Crippen LogP contribution in [0.1, 0.15) is 11.5 Å². The number of methoxy groups -OCH3 is 1. The quantitative estimate of drug-likeness (QED) is 0.685. The van der Waals surface area contributed by atoms with Crippen LogP contribution in [-0.4, -0.2) is 23.8 Å². The van der Waals surface area contributed by atoms with Crippen LogP contribution in [0.15, 0.2) is 10.8 Å². The van der Waals surface area contributed by atoms with Gasteiger partial charge in [-0.1, -0.05) is 0 Å². The van der Waals surface area contributed by atoms with Crippen molar-refractivity contribution < 1.29 is 14.3 Å². The molecule has 4 heteroatoms. The van der Waals surface area contributed by atoms with Crippen molar-refractivity contribution in [3.63, 3.8) is 0 Å². The summed E-state index contributed by atoms with van der Waals surface area (Å²) in [5.74, 6) is 0.703. The normalized spacial score (nSPS) is 10.4. The van der Waals surface area contributed by atoms with Gasteiger partial charge in [0.05, 0.1) is 13.2 Å². The summed E-state index contributed by atoms with van der Waals surface area (Å²) in [5, 5.41) is 8.74. The highest BCUT2D eigenvalue weighted by Gasteiger charge is 2.05. The summed E-state index contributed by atoms with van der Waals surface area (Å²) in [5.41, 5.74) is 0.599. The third-order valence-electron chi connectivity index (χ3n) is 1.41. The molecule has 1 aromatic heterocycles. The van der Waals surface area contributed by atoms with Crippen molar-refractivity contribution >= 4 is 0 Å². The number of ether oxygens (including phenoxy) is 1. The van der Waals surface area contributed by atoms with Gasteiger partial charge in [0.25, 0.3) is 0 Å². The second-order valence-corrected chi connectivity index (χ2v) is 2.12. The molecule has 0 unspecified atom stereocenters. The van der Waals surface area contributed by atoms with E-state index >= 15 is 0 Å². The van der Waals surface area contributed by atoms with Crippen LogP contribution in [0.5, 0.6) is 0 Å². The highest BCUT2D eigenvalue weighted by Crippen LogP contribution is 2.06. The first-order valence-corrected chi connectivity index (χ1v) is 3.39. The molecule has 62 valence electrons. The maximum atomic E-state index is 8.74. The largest absolute Gasteiger partial charge is 0.448 e. The summed E-state index contributed by atoms with van der Waals surface area (Å²) in [6.45, 7) is 0.512. The Morgan fingerprint density at radius 1 is 1.73 bits per heavy atom. The molecule has 4 nitrogen and oxygen atoms in total. The van der Waals surface area contributed by atoms with Crippen LogP contribution in [0, 0.1) is 0 Å². The van der Waals surface area contributed by atoms with Crippen molar-refractivity contribution in [2.24, 2.45) is 0 Å². The van der Waals surface area contributed by atoms with Crippen molar-refractivity contribution in [3.8, 4) is 0 Å². The predicted molar refractivity (Wildman–Crippen MR) is 38.0 cm³/mol. The van der Waals surface area contributed by atoms with Crippen molar-refractivity contribution in [2.75, 3.05) is 13.7 Å². The second kappa shape index (κ2) is 4.10. The Balaban J connectivity index is 2.54. The number of aliphatic hydroxyl groups excluding tert-OH is 1. The average molecular weight is 157 g/mol. The van der Waals surface area contributed by atoms with Crippen molar-refractivity contribution in [2.45, 2.75) is 13.0 Å². The topological polar surface area (TPSA) is 55.5 Å². The molecule has 0 radical (unpaired) electrons. The lowest BCUT2D eigenvalue weighted by molar-refractivity contribution is 0.195. The molecule has 1 heterocycles. The molecular weight excluding hydrogens is 146 g/mol. The molecule has 0 amide bonds. The van der Waals surface area contributed by atoms with E-state index in [4.69, 9.17) is 14.3 Å². The van der Waals surface area contributed by atoms with E-state index < -0.39 is 0 Å². The first-order valence-electron chi connectivity index (χ1n) is 3.39. The molecule has 1 aromatic rings. The lowest BCUT2D eigenvalue weighted by Crippen LogP contribution is -1.97. The molecule has 0 saturated heterocycles. The summed E-state index contributed by atoms with van der Waals surface area (Å²) in [6, 6.07) is 0. The van der Waals surface area contributed by atoms with E-state index in [1.54, 1.807) is 7.11 Å².